The molecule has 0 aliphatic heterocycles. The summed E-state index contributed by atoms with van der Waals surface area (Å²) >= 11 is 0. The van der Waals surface area contributed by atoms with Crippen molar-refractivity contribution >= 4 is 48.9 Å². The van der Waals surface area contributed by atoms with Crippen LogP contribution in [0.2, 0.25) is 0 Å². The van der Waals surface area contributed by atoms with Gasteiger partial charge >= 0.3 is 0 Å². The second-order valence-electron chi connectivity index (χ2n) is 10.9. The molecule has 0 saturated carbocycles. The highest BCUT2D eigenvalue weighted by Crippen LogP contribution is 2.38. The Kier molecular flexibility index (Phi) is 4.90. The Bertz CT molecular complexity index is 2450. The van der Waals surface area contributed by atoms with Crippen molar-refractivity contribution in [2.75, 3.05) is 0 Å². The predicted octanol–water partition coefficient (Wildman–Crippen LogP) is 10.1. The second kappa shape index (κ2) is 8.92. The van der Waals surface area contributed by atoms with Crippen LogP contribution in [0.15, 0.2) is 152 Å². The molecular formula is C39H25N3. The molecule has 0 bridgehead atoms. The zero-order valence-electron chi connectivity index (χ0n) is 22.8. The molecule has 3 aromatic heterocycles. The summed E-state index contributed by atoms with van der Waals surface area (Å²) in [6.07, 6.45) is 2.12. The van der Waals surface area contributed by atoms with E-state index in [0.29, 0.717) is 0 Å². The molecule has 3 heteroatoms. The smallest absolute Gasteiger partial charge is 0.220 e. The zero-order chi connectivity index (χ0) is 27.6. The third-order valence-corrected chi connectivity index (χ3v) is 8.55. The highest BCUT2D eigenvalue weighted by Gasteiger charge is 2.20. The first-order valence-corrected chi connectivity index (χ1v) is 14.3. The molecule has 0 unspecified atom stereocenters. The van der Waals surface area contributed by atoms with Gasteiger partial charge in [-0.2, -0.15) is 0 Å². The summed E-state index contributed by atoms with van der Waals surface area (Å²) in [5.74, 6) is 0.889. The number of benzene rings is 6. The van der Waals surface area contributed by atoms with Gasteiger partial charge in [-0.15, -0.1) is 0 Å². The van der Waals surface area contributed by atoms with Gasteiger partial charge in [0.05, 0.1) is 22.2 Å². The van der Waals surface area contributed by atoms with Crippen molar-refractivity contribution in [2.45, 2.75) is 0 Å². The van der Waals surface area contributed by atoms with Gasteiger partial charge in [-0.25, -0.2) is 4.98 Å². The summed E-state index contributed by atoms with van der Waals surface area (Å²) in [5.41, 5.74) is 7.90. The molecule has 6 aromatic carbocycles. The molecule has 0 atom stereocenters. The van der Waals surface area contributed by atoms with Crippen LogP contribution in [0, 0.1) is 0 Å². The maximum absolute atomic E-state index is 5.36. The fourth-order valence-corrected chi connectivity index (χ4v) is 6.63. The molecule has 196 valence electrons. The first-order valence-electron chi connectivity index (χ1n) is 14.3. The lowest BCUT2D eigenvalue weighted by Gasteiger charge is -2.08. The Morgan fingerprint density at radius 2 is 1.07 bits per heavy atom. The van der Waals surface area contributed by atoms with Crippen LogP contribution in [0.25, 0.3) is 77.2 Å². The zero-order valence-corrected chi connectivity index (χ0v) is 22.8. The molecule has 0 N–H and O–H groups in total. The van der Waals surface area contributed by atoms with Crippen molar-refractivity contribution in [3.8, 4) is 28.3 Å². The number of imidazole rings is 1. The molecule has 0 radical (unpaired) electrons. The summed E-state index contributed by atoms with van der Waals surface area (Å²) in [5, 5.41) is 7.52. The van der Waals surface area contributed by atoms with Crippen molar-refractivity contribution < 1.29 is 0 Å². The summed E-state index contributed by atoms with van der Waals surface area (Å²) in [6, 6.07) is 52.0. The molecule has 0 saturated heterocycles. The molecule has 9 aromatic rings. The molecule has 0 fully saturated rings. The summed E-state index contributed by atoms with van der Waals surface area (Å²) in [4.78, 5) is 5.36. The Balaban J connectivity index is 1.26. The van der Waals surface area contributed by atoms with Gasteiger partial charge in [0.1, 0.15) is 0 Å². The van der Waals surface area contributed by atoms with Crippen LogP contribution in [0.1, 0.15) is 0 Å². The predicted molar refractivity (Wildman–Crippen MR) is 175 cm³/mol. The minimum absolute atomic E-state index is 0.889. The van der Waals surface area contributed by atoms with Gasteiger partial charge in [0, 0.05) is 22.5 Å². The minimum Gasteiger partial charge on any atom is -0.285 e. The fourth-order valence-electron chi connectivity index (χ4n) is 6.63. The molecule has 0 amide bonds. The Morgan fingerprint density at radius 1 is 0.429 bits per heavy atom. The standard InChI is InChI=1S/C39H25N3/c1-3-13-30-26(10-1)12-9-16-31(30)28-19-21-29(22-20-28)38-36-18-7-8-25-41(36)39(40-38)42-34-17-6-5-15-33(34)37-32-14-4-2-11-27(32)23-24-35(37)42/h1-25H. The van der Waals surface area contributed by atoms with Crippen LogP contribution in [-0.2, 0) is 0 Å². The quantitative estimate of drug-likeness (QED) is 0.221. The van der Waals surface area contributed by atoms with Crippen molar-refractivity contribution in [3.63, 3.8) is 0 Å². The maximum Gasteiger partial charge on any atom is 0.220 e. The lowest BCUT2D eigenvalue weighted by Crippen LogP contribution is -2.00. The van der Waals surface area contributed by atoms with E-state index in [1.807, 2.05) is 0 Å². The summed E-state index contributed by atoms with van der Waals surface area (Å²) < 4.78 is 4.53. The first kappa shape index (κ1) is 23.1. The molecule has 42 heavy (non-hydrogen) atoms. The number of hydrogen-bond acceptors (Lipinski definition) is 1. The van der Waals surface area contributed by atoms with Crippen molar-refractivity contribution in [2.24, 2.45) is 0 Å². The largest absolute Gasteiger partial charge is 0.285 e. The molecule has 9 rings (SSSR count). The summed E-state index contributed by atoms with van der Waals surface area (Å²) in [7, 11) is 0. The number of hydrogen-bond donors (Lipinski definition) is 0. The monoisotopic (exact) mass is 535 g/mol. The maximum atomic E-state index is 5.36. The average molecular weight is 536 g/mol. The molecule has 3 nitrogen and oxygen atoms in total. The van der Waals surface area contributed by atoms with E-state index in [-0.39, 0.29) is 0 Å². The lowest BCUT2D eigenvalue weighted by molar-refractivity contribution is 0.984. The number of fused-ring (bicyclic) bond motifs is 7. The molecular weight excluding hydrogens is 510 g/mol. The van der Waals surface area contributed by atoms with E-state index in [1.165, 1.54) is 43.4 Å². The van der Waals surface area contributed by atoms with Crippen LogP contribution in [0.3, 0.4) is 0 Å². The van der Waals surface area contributed by atoms with Gasteiger partial charge < -0.3 is 0 Å². The Morgan fingerprint density at radius 3 is 1.93 bits per heavy atom. The third kappa shape index (κ3) is 3.31. The third-order valence-electron chi connectivity index (χ3n) is 8.55. The number of para-hydroxylation sites is 1. The number of pyridine rings is 1. The highest BCUT2D eigenvalue weighted by molar-refractivity contribution is 6.21. The number of nitrogens with zero attached hydrogens (tertiary/aromatic N) is 3. The van der Waals surface area contributed by atoms with Crippen LogP contribution >= 0.6 is 0 Å². The van der Waals surface area contributed by atoms with Crippen molar-refractivity contribution in [3.05, 3.63) is 152 Å². The van der Waals surface area contributed by atoms with Gasteiger partial charge in [0.25, 0.3) is 0 Å². The van der Waals surface area contributed by atoms with E-state index in [1.54, 1.807) is 0 Å². The van der Waals surface area contributed by atoms with E-state index in [9.17, 15) is 0 Å². The molecule has 0 aliphatic carbocycles. The lowest BCUT2D eigenvalue weighted by atomic mass is 9.97. The van der Waals surface area contributed by atoms with Crippen LogP contribution in [0.4, 0.5) is 0 Å². The average Bonchev–Trinajstić information content (AvgIpc) is 3.60. The van der Waals surface area contributed by atoms with Gasteiger partial charge in [0.15, 0.2) is 0 Å². The van der Waals surface area contributed by atoms with Gasteiger partial charge in [-0.3, -0.25) is 8.97 Å². The van der Waals surface area contributed by atoms with E-state index in [4.69, 9.17) is 4.98 Å². The number of rotatable bonds is 3. The van der Waals surface area contributed by atoms with E-state index in [2.05, 4.69) is 161 Å². The van der Waals surface area contributed by atoms with Crippen molar-refractivity contribution in [1.29, 1.82) is 0 Å². The number of aromatic nitrogens is 3. The van der Waals surface area contributed by atoms with Gasteiger partial charge in [-0.05, 0) is 56.9 Å². The van der Waals surface area contributed by atoms with Crippen LogP contribution in [0.5, 0.6) is 0 Å². The SMILES string of the molecule is c1ccc2c(-c3ccc(-c4nc(-n5c6ccccc6c6c7ccccc7ccc65)n5ccccc45)cc3)cccc2c1. The topological polar surface area (TPSA) is 22.2 Å². The normalized spacial score (nSPS) is 11.8. The molecule has 0 aliphatic rings. The van der Waals surface area contributed by atoms with Gasteiger partial charge in [0.2, 0.25) is 5.95 Å². The molecule has 0 spiro atoms. The summed E-state index contributed by atoms with van der Waals surface area (Å²) in [6.45, 7) is 0. The van der Waals surface area contributed by atoms with Crippen LogP contribution in [-0.4, -0.2) is 14.0 Å². The van der Waals surface area contributed by atoms with Crippen LogP contribution < -0.4 is 0 Å². The first-order chi connectivity index (χ1) is 20.8. The van der Waals surface area contributed by atoms with Gasteiger partial charge in [-0.1, -0.05) is 121 Å². The van der Waals surface area contributed by atoms with Crippen molar-refractivity contribution in [1.82, 2.24) is 14.0 Å². The van der Waals surface area contributed by atoms with E-state index in [0.717, 1.165) is 33.8 Å². The van der Waals surface area contributed by atoms with E-state index < -0.39 is 0 Å². The Hall–Kier alpha value is -5.67. The van der Waals surface area contributed by atoms with E-state index >= 15 is 0 Å². The Labute approximate surface area is 242 Å². The minimum atomic E-state index is 0.889. The highest BCUT2D eigenvalue weighted by atomic mass is 15.2. The fraction of sp³-hybridized carbons (Fsp3) is 0. The second-order valence-corrected chi connectivity index (χ2v) is 10.9. The molecule has 3 heterocycles.